The van der Waals surface area contributed by atoms with Crippen molar-refractivity contribution in [2.24, 2.45) is 11.3 Å². The Morgan fingerprint density at radius 1 is 0.765 bits per heavy atom. The number of ether oxygens (including phenoxy) is 5. The van der Waals surface area contributed by atoms with E-state index in [9.17, 15) is 9.59 Å². The molecule has 0 N–H and O–H groups in total. The largest absolute Gasteiger partial charge is 0.496 e. The maximum absolute atomic E-state index is 12.5. The third-order valence-corrected chi connectivity index (χ3v) is 5.62. The molecule has 0 amide bonds. The van der Waals surface area contributed by atoms with Crippen molar-refractivity contribution in [1.82, 2.24) is 0 Å². The topological polar surface area (TPSA) is 80.3 Å². The van der Waals surface area contributed by atoms with E-state index in [1.807, 2.05) is 0 Å². The molecule has 2 aromatic rings. The Labute approximate surface area is 205 Å². The van der Waals surface area contributed by atoms with Gasteiger partial charge in [-0.25, -0.2) is 9.59 Å². The lowest BCUT2D eigenvalue weighted by molar-refractivity contribution is 0.0389. The molecule has 0 aliphatic heterocycles. The molecule has 7 nitrogen and oxygen atoms in total. The Balaban J connectivity index is 0.000000546. The smallest absolute Gasteiger partial charge is 0.353 e. The fourth-order valence-electron chi connectivity index (χ4n) is 3.42. The highest BCUT2D eigenvalue weighted by Crippen LogP contribution is 2.32. The van der Waals surface area contributed by atoms with Crippen LogP contribution in [0.2, 0.25) is 0 Å². The van der Waals surface area contributed by atoms with Crippen molar-refractivity contribution in [2.75, 3.05) is 34.6 Å². The molecule has 2 aromatic carbocycles. The van der Waals surface area contributed by atoms with Gasteiger partial charge in [0.15, 0.2) is 0 Å². The number of carbonyl (C=O) groups is 2. The zero-order valence-corrected chi connectivity index (χ0v) is 22.5. The summed E-state index contributed by atoms with van der Waals surface area (Å²) in [5.74, 6) is -0.0592. The maximum atomic E-state index is 12.5. The van der Waals surface area contributed by atoms with E-state index in [0.29, 0.717) is 5.41 Å². The van der Waals surface area contributed by atoms with Crippen molar-refractivity contribution in [2.45, 2.75) is 34.1 Å². The molecule has 8 heteroatoms. The first-order valence-corrected chi connectivity index (χ1v) is 11.7. The molecule has 0 heterocycles. The lowest BCUT2D eigenvalue weighted by atomic mass is 9.86. The first kappa shape index (κ1) is 29.2. The molecule has 34 heavy (non-hydrogen) atoms. The number of carbonyl (C=O) groups excluding carboxylic acids is 2. The Morgan fingerprint density at radius 2 is 1.09 bits per heavy atom. The fourth-order valence-corrected chi connectivity index (χ4v) is 3.59. The number of methoxy groups -OCH3 is 4. The van der Waals surface area contributed by atoms with Gasteiger partial charge in [-0.15, -0.1) is 9.24 Å². The van der Waals surface area contributed by atoms with Crippen LogP contribution in [0.3, 0.4) is 0 Å². The minimum absolute atomic E-state index is 0.00900. The summed E-state index contributed by atoms with van der Waals surface area (Å²) in [6.45, 7) is 9.19. The van der Waals surface area contributed by atoms with Crippen LogP contribution in [0.1, 0.15) is 54.8 Å². The molecule has 0 fully saturated rings. The maximum Gasteiger partial charge on any atom is 0.353 e. The first-order chi connectivity index (χ1) is 16.0. The average Bonchev–Trinajstić information content (AvgIpc) is 2.81. The monoisotopic (exact) mass is 492 g/mol. The van der Waals surface area contributed by atoms with Gasteiger partial charge in [-0.3, -0.25) is 0 Å². The van der Waals surface area contributed by atoms with Crippen LogP contribution >= 0.6 is 9.24 Å². The van der Waals surface area contributed by atoms with Gasteiger partial charge < -0.3 is 23.7 Å². The SMILES string of the molecule is CC(CP)CC(C)(C)C.COc1cccc(OC)c1C(=O)OC(=O)c1c(OC)cccc1OC. The summed E-state index contributed by atoms with van der Waals surface area (Å²) in [6.07, 6.45) is 2.56. The van der Waals surface area contributed by atoms with Crippen molar-refractivity contribution < 1.29 is 33.3 Å². The summed E-state index contributed by atoms with van der Waals surface area (Å²) in [7, 11) is 8.39. The van der Waals surface area contributed by atoms with Gasteiger partial charge >= 0.3 is 11.9 Å². The number of esters is 2. The molecule has 0 aromatic heterocycles. The molecule has 2 rings (SSSR count). The second-order valence-corrected chi connectivity index (χ2v) is 9.33. The molecule has 2 atom stereocenters. The van der Waals surface area contributed by atoms with Crippen LogP contribution in [0, 0.1) is 11.3 Å². The summed E-state index contributed by atoms with van der Waals surface area (Å²) in [6, 6.07) is 9.56. The van der Waals surface area contributed by atoms with Crippen LogP contribution in [-0.2, 0) is 4.74 Å². The average molecular weight is 493 g/mol. The summed E-state index contributed by atoms with van der Waals surface area (Å²) < 4.78 is 25.6. The van der Waals surface area contributed by atoms with Gasteiger partial charge in [0.05, 0.1) is 28.4 Å². The van der Waals surface area contributed by atoms with Crippen LogP contribution in [0.4, 0.5) is 0 Å². The van der Waals surface area contributed by atoms with E-state index in [0.717, 1.165) is 5.92 Å². The third kappa shape index (κ3) is 8.53. The number of rotatable bonds is 8. The van der Waals surface area contributed by atoms with Crippen LogP contribution in [0.15, 0.2) is 36.4 Å². The Hall–Kier alpha value is -2.79. The summed E-state index contributed by atoms with van der Waals surface area (Å²) >= 11 is 0. The molecule has 0 saturated heterocycles. The van der Waals surface area contributed by atoms with E-state index >= 15 is 0 Å². The summed E-state index contributed by atoms with van der Waals surface area (Å²) in [5.41, 5.74) is 0.528. The van der Waals surface area contributed by atoms with Crippen LogP contribution in [0.25, 0.3) is 0 Å². The van der Waals surface area contributed by atoms with Crippen molar-refractivity contribution in [3.63, 3.8) is 0 Å². The van der Waals surface area contributed by atoms with Gasteiger partial charge in [0, 0.05) is 0 Å². The first-order valence-electron chi connectivity index (χ1n) is 10.9. The molecule has 2 unspecified atom stereocenters. The quantitative estimate of drug-likeness (QED) is 0.268. The van der Waals surface area contributed by atoms with Gasteiger partial charge in [-0.1, -0.05) is 39.8 Å². The second-order valence-electron chi connectivity index (χ2n) is 8.86. The highest BCUT2D eigenvalue weighted by atomic mass is 31.0. The second kappa shape index (κ2) is 13.8. The van der Waals surface area contributed by atoms with Crippen molar-refractivity contribution in [3.05, 3.63) is 47.5 Å². The van der Waals surface area contributed by atoms with Crippen LogP contribution in [0.5, 0.6) is 23.0 Å². The molecular weight excluding hydrogens is 455 g/mol. The van der Waals surface area contributed by atoms with Crippen molar-refractivity contribution >= 4 is 21.2 Å². The van der Waals surface area contributed by atoms with Gasteiger partial charge in [0.1, 0.15) is 34.1 Å². The Morgan fingerprint density at radius 3 is 1.29 bits per heavy atom. The van der Waals surface area contributed by atoms with E-state index in [4.69, 9.17) is 23.7 Å². The third-order valence-electron chi connectivity index (χ3n) is 4.81. The van der Waals surface area contributed by atoms with E-state index in [1.54, 1.807) is 36.4 Å². The highest BCUT2D eigenvalue weighted by Gasteiger charge is 2.27. The molecule has 0 radical (unpaired) electrons. The Bertz CT molecular complexity index is 841. The molecule has 188 valence electrons. The predicted molar refractivity (Wildman–Crippen MR) is 137 cm³/mol. The number of hydrogen-bond donors (Lipinski definition) is 0. The van der Waals surface area contributed by atoms with Crippen molar-refractivity contribution in [3.8, 4) is 23.0 Å². The van der Waals surface area contributed by atoms with Crippen LogP contribution < -0.4 is 18.9 Å². The zero-order chi connectivity index (χ0) is 25.9. The molecule has 0 aliphatic carbocycles. The van der Waals surface area contributed by atoms with E-state index < -0.39 is 11.9 Å². The lowest BCUT2D eigenvalue weighted by Gasteiger charge is -2.21. The fraction of sp³-hybridized carbons (Fsp3) is 0.462. The summed E-state index contributed by atoms with van der Waals surface area (Å²) in [5, 5.41) is 0. The van der Waals surface area contributed by atoms with Gasteiger partial charge in [0.25, 0.3) is 0 Å². The van der Waals surface area contributed by atoms with Gasteiger partial charge in [-0.05, 0) is 48.2 Å². The number of benzene rings is 2. The van der Waals surface area contributed by atoms with Crippen LogP contribution in [-0.4, -0.2) is 46.5 Å². The molecule has 0 bridgehead atoms. The normalized spacial score (nSPS) is 11.4. The highest BCUT2D eigenvalue weighted by molar-refractivity contribution is 7.16. The van der Waals surface area contributed by atoms with E-state index in [1.165, 1.54) is 41.0 Å². The molecule has 0 spiro atoms. The minimum atomic E-state index is -0.910. The summed E-state index contributed by atoms with van der Waals surface area (Å²) in [4.78, 5) is 25.0. The molecule has 0 aliphatic rings. The van der Waals surface area contributed by atoms with Crippen molar-refractivity contribution in [1.29, 1.82) is 0 Å². The molecule has 0 saturated carbocycles. The standard InChI is InChI=1S/C18H18O7.C8H19P/c1-21-11-7-5-8-12(22-2)15(11)17(19)25-18(20)16-13(23-3)9-6-10-14(16)24-4;1-7(6-9)5-8(2,3)4/h5-10H,1-4H3;7H,5-6,9H2,1-4H3. The Kier molecular flexibility index (Phi) is 11.9. The predicted octanol–water partition coefficient (Wildman–Crippen LogP) is 5.65. The zero-order valence-electron chi connectivity index (χ0n) is 21.4. The number of hydrogen-bond acceptors (Lipinski definition) is 7. The minimum Gasteiger partial charge on any atom is -0.496 e. The van der Waals surface area contributed by atoms with Gasteiger partial charge in [-0.2, -0.15) is 0 Å². The van der Waals surface area contributed by atoms with Gasteiger partial charge in [0.2, 0.25) is 0 Å². The van der Waals surface area contributed by atoms with E-state index in [2.05, 4.69) is 36.9 Å². The lowest BCUT2D eigenvalue weighted by Crippen LogP contribution is -2.16. The molecular formula is C26H37O7P. The van der Waals surface area contributed by atoms with E-state index in [-0.39, 0.29) is 34.1 Å².